The van der Waals surface area contributed by atoms with Gasteiger partial charge in [0.2, 0.25) is 0 Å². The Balaban J connectivity index is 0.000000452. The van der Waals surface area contributed by atoms with Gasteiger partial charge in [0.25, 0.3) is 0 Å². The largest absolute Gasteiger partial charge is 0.393 e. The smallest absolute Gasteiger partial charge is 0.173 e. The summed E-state index contributed by atoms with van der Waals surface area (Å²) in [5, 5.41) is 17.7. The summed E-state index contributed by atoms with van der Waals surface area (Å²) in [7, 11) is 0. The zero-order valence-corrected chi connectivity index (χ0v) is 18.8. The fraction of sp³-hybridized carbons (Fsp3) is 0.957. The third kappa shape index (κ3) is 9.28. The van der Waals surface area contributed by atoms with Crippen molar-refractivity contribution in [2.24, 2.45) is 0 Å². The van der Waals surface area contributed by atoms with Crippen LogP contribution in [-0.4, -0.2) is 72.6 Å². The van der Waals surface area contributed by atoms with Crippen molar-refractivity contribution < 1.29 is 34.0 Å². The van der Waals surface area contributed by atoms with Gasteiger partial charge in [-0.25, -0.2) is 0 Å². The summed E-state index contributed by atoms with van der Waals surface area (Å²) in [6.45, 7) is 11.5. The molecule has 3 aliphatic heterocycles. The van der Waals surface area contributed by atoms with Crippen molar-refractivity contribution in [2.45, 2.75) is 103 Å². The number of hydrogen-bond acceptors (Lipinski definition) is 7. The average molecular weight is 435 g/mol. The fourth-order valence-electron chi connectivity index (χ4n) is 3.32. The molecule has 0 aromatic carbocycles. The third-order valence-electron chi connectivity index (χ3n) is 6.21. The zero-order chi connectivity index (χ0) is 21.8. The minimum atomic E-state index is -0.819. The highest BCUT2D eigenvalue weighted by molar-refractivity contribution is 5.79. The van der Waals surface area contributed by atoms with E-state index in [9.17, 15) is 9.90 Å². The van der Waals surface area contributed by atoms with E-state index in [1.54, 1.807) is 0 Å². The maximum atomic E-state index is 10.4. The first kappa shape index (κ1) is 29.4. The van der Waals surface area contributed by atoms with Crippen LogP contribution in [0, 0.1) is 0 Å². The van der Waals surface area contributed by atoms with Crippen molar-refractivity contribution in [3.8, 4) is 0 Å². The van der Waals surface area contributed by atoms with Gasteiger partial charge in [-0.3, -0.25) is 4.79 Å². The summed E-state index contributed by atoms with van der Waals surface area (Å²) < 4.78 is 22.3. The molecule has 0 amide bonds. The van der Waals surface area contributed by atoms with Crippen LogP contribution in [0.5, 0.6) is 0 Å². The summed E-state index contributed by atoms with van der Waals surface area (Å²) in [6, 6.07) is 0. The zero-order valence-electron chi connectivity index (χ0n) is 18.8. The molecule has 0 bridgehead atoms. The summed E-state index contributed by atoms with van der Waals surface area (Å²) >= 11 is 0. The number of ether oxygens (including phenoxy) is 4. The minimum absolute atomic E-state index is 0. The Labute approximate surface area is 183 Å². The quantitative estimate of drug-likeness (QED) is 0.682. The molecule has 0 aromatic rings. The van der Waals surface area contributed by atoms with Crippen molar-refractivity contribution >= 4 is 5.78 Å². The van der Waals surface area contributed by atoms with E-state index in [2.05, 4.69) is 13.8 Å². The van der Waals surface area contributed by atoms with Crippen LogP contribution in [0.15, 0.2) is 0 Å². The first-order valence-corrected chi connectivity index (χ1v) is 11.2. The lowest BCUT2D eigenvalue weighted by atomic mass is 9.98. The second kappa shape index (κ2) is 14.5. The maximum absolute atomic E-state index is 10.4. The van der Waals surface area contributed by atoms with Crippen molar-refractivity contribution in [3.05, 3.63) is 0 Å². The van der Waals surface area contributed by atoms with Crippen LogP contribution in [0.2, 0.25) is 0 Å². The van der Waals surface area contributed by atoms with Crippen LogP contribution in [-0.2, 0) is 23.7 Å². The summed E-state index contributed by atoms with van der Waals surface area (Å²) in [6.07, 6.45) is 6.34. The van der Waals surface area contributed by atoms with Crippen LogP contribution in [0.4, 0.5) is 0 Å². The molecule has 0 radical (unpaired) electrons. The monoisotopic (exact) mass is 434 g/mol. The molecule has 0 aliphatic carbocycles. The van der Waals surface area contributed by atoms with Crippen LogP contribution in [0.25, 0.3) is 0 Å². The molecule has 3 heterocycles. The van der Waals surface area contributed by atoms with E-state index in [-0.39, 0.29) is 25.4 Å². The summed E-state index contributed by atoms with van der Waals surface area (Å²) in [5.41, 5.74) is -0.850. The van der Waals surface area contributed by atoms with Gasteiger partial charge in [0.1, 0.15) is 5.78 Å². The highest BCUT2D eigenvalue weighted by Gasteiger charge is 2.49. The number of rotatable bonds is 5. The number of Topliss-reactive ketones (excluding diaryl/α,β-unsaturated/α-hetero) is 1. The number of ketones is 1. The SMILES string of the molecule is C.CCC(O)(CC)CO.CCC1(CC)COC2(CCOCC2)O1.O=C1CCOCC1. The molecule has 3 fully saturated rings. The van der Waals surface area contributed by atoms with E-state index in [4.69, 9.17) is 24.1 Å². The molecule has 3 rings (SSSR count). The van der Waals surface area contributed by atoms with Gasteiger partial charge in [0.15, 0.2) is 5.79 Å². The van der Waals surface area contributed by atoms with Crippen LogP contribution < -0.4 is 0 Å². The van der Waals surface area contributed by atoms with Crippen molar-refractivity contribution in [1.82, 2.24) is 0 Å². The van der Waals surface area contributed by atoms with Gasteiger partial charge in [-0.05, 0) is 25.7 Å². The van der Waals surface area contributed by atoms with E-state index in [0.29, 0.717) is 44.7 Å². The first-order valence-electron chi connectivity index (χ1n) is 11.2. The Morgan fingerprint density at radius 1 is 0.933 bits per heavy atom. The van der Waals surface area contributed by atoms with Gasteiger partial charge in [-0.2, -0.15) is 0 Å². The molecule has 0 unspecified atom stereocenters. The fourth-order valence-corrected chi connectivity index (χ4v) is 3.32. The van der Waals surface area contributed by atoms with E-state index >= 15 is 0 Å². The molecule has 3 saturated heterocycles. The van der Waals surface area contributed by atoms with Gasteiger partial charge in [-0.1, -0.05) is 35.1 Å². The highest BCUT2D eigenvalue weighted by atomic mass is 16.8. The molecule has 1 spiro atoms. The lowest BCUT2D eigenvalue weighted by molar-refractivity contribution is -0.226. The molecule has 2 N–H and O–H groups in total. The van der Waals surface area contributed by atoms with Gasteiger partial charge in [0, 0.05) is 25.7 Å². The van der Waals surface area contributed by atoms with Crippen LogP contribution in [0.1, 0.15) is 86.5 Å². The molecular weight excluding hydrogens is 388 g/mol. The van der Waals surface area contributed by atoms with Crippen LogP contribution >= 0.6 is 0 Å². The first-order chi connectivity index (χ1) is 13.8. The summed E-state index contributed by atoms with van der Waals surface area (Å²) in [5.74, 6) is 0.0239. The number of hydrogen-bond donors (Lipinski definition) is 2. The maximum Gasteiger partial charge on any atom is 0.173 e. The van der Waals surface area contributed by atoms with Crippen LogP contribution in [0.3, 0.4) is 0 Å². The van der Waals surface area contributed by atoms with Gasteiger partial charge in [-0.15, -0.1) is 0 Å². The van der Waals surface area contributed by atoms with Gasteiger partial charge < -0.3 is 29.2 Å². The second-order valence-electron chi connectivity index (χ2n) is 8.04. The van der Waals surface area contributed by atoms with Crippen molar-refractivity contribution in [2.75, 3.05) is 39.6 Å². The summed E-state index contributed by atoms with van der Waals surface area (Å²) in [4.78, 5) is 10.4. The molecule has 0 atom stereocenters. The Bertz CT molecular complexity index is 436. The second-order valence-corrected chi connectivity index (χ2v) is 8.04. The van der Waals surface area contributed by atoms with E-state index < -0.39 is 5.60 Å². The average Bonchev–Trinajstić information content (AvgIpc) is 3.14. The van der Waals surface area contributed by atoms with E-state index in [0.717, 1.165) is 45.5 Å². The van der Waals surface area contributed by atoms with E-state index in [1.165, 1.54) is 0 Å². The molecule has 3 aliphatic rings. The third-order valence-corrected chi connectivity index (χ3v) is 6.21. The topological polar surface area (TPSA) is 94.5 Å². The molecule has 180 valence electrons. The number of aliphatic hydroxyl groups excluding tert-OH is 1. The Morgan fingerprint density at radius 3 is 1.73 bits per heavy atom. The van der Waals surface area contributed by atoms with Gasteiger partial charge in [0.05, 0.1) is 50.8 Å². The predicted octanol–water partition coefficient (Wildman–Crippen LogP) is 3.63. The minimum Gasteiger partial charge on any atom is -0.393 e. The number of carbonyl (C=O) groups excluding carboxylic acids is 1. The lowest BCUT2D eigenvalue weighted by Crippen LogP contribution is -2.40. The Kier molecular flexibility index (Phi) is 14.2. The van der Waals surface area contributed by atoms with Crippen molar-refractivity contribution in [1.29, 1.82) is 0 Å². The molecule has 7 nitrogen and oxygen atoms in total. The molecule has 30 heavy (non-hydrogen) atoms. The normalized spacial score (nSPS) is 22.3. The Hall–Kier alpha value is -0.570. The predicted molar refractivity (Wildman–Crippen MR) is 118 cm³/mol. The molecule has 0 saturated carbocycles. The molecule has 7 heteroatoms. The highest BCUT2D eigenvalue weighted by Crippen LogP contribution is 2.41. The Morgan fingerprint density at radius 2 is 1.43 bits per heavy atom. The standard InChI is InChI=1S/C11H20O3.C6H14O2.C5H8O2.CH4/c1-3-10(4-2)9-13-11(14-10)5-7-12-8-6-11;1-3-6(8,4-2)5-7;6-5-1-3-7-4-2-5;/h3-9H2,1-2H3;7-8H,3-5H2,1-2H3;1-4H2;1H4. The molecular formula is C23H46O7. The number of carbonyl (C=O) groups is 1. The number of aliphatic hydroxyl groups is 2. The lowest BCUT2D eigenvalue weighted by Gasteiger charge is -2.34. The van der Waals surface area contributed by atoms with Gasteiger partial charge >= 0.3 is 0 Å². The molecule has 0 aromatic heterocycles. The van der Waals surface area contributed by atoms with Crippen molar-refractivity contribution in [3.63, 3.8) is 0 Å². The van der Waals surface area contributed by atoms with E-state index in [1.807, 2.05) is 13.8 Å².